The number of likely N-dealkylation sites (N-methyl/N-ethyl adjacent to an activating group) is 1. The average molecular weight is 523 g/mol. The summed E-state index contributed by atoms with van der Waals surface area (Å²) in [6.45, 7) is 4.17. The number of amides is 1. The molecule has 2 atom stereocenters. The number of imidazole rings is 1. The molecule has 2 fully saturated rings. The van der Waals surface area contributed by atoms with Gasteiger partial charge in [0.2, 0.25) is 11.9 Å². The van der Waals surface area contributed by atoms with Gasteiger partial charge in [0.1, 0.15) is 11.3 Å². The van der Waals surface area contributed by atoms with Crippen LogP contribution in [0, 0.1) is 0 Å². The number of piperazine rings is 1. The summed E-state index contributed by atoms with van der Waals surface area (Å²) in [7, 11) is 4.00. The molecule has 1 amide bonds. The minimum absolute atomic E-state index is 0.117. The number of fused-ring (bicyclic) bond motifs is 1. The van der Waals surface area contributed by atoms with Gasteiger partial charge in [-0.3, -0.25) is 14.1 Å². The zero-order chi connectivity index (χ0) is 25.8. The van der Waals surface area contributed by atoms with Crippen molar-refractivity contribution in [3.05, 3.63) is 54.0 Å². The second-order valence-electron chi connectivity index (χ2n) is 10.1. The molecule has 10 heteroatoms. The molecule has 1 aliphatic carbocycles. The first-order valence-corrected chi connectivity index (χ1v) is 13.4. The van der Waals surface area contributed by atoms with Gasteiger partial charge in [0, 0.05) is 57.1 Å². The molecule has 1 N–H and O–H groups in total. The van der Waals surface area contributed by atoms with Crippen molar-refractivity contribution in [2.24, 2.45) is 0 Å². The molecular weight excluding hydrogens is 488 g/mol. The van der Waals surface area contributed by atoms with Crippen molar-refractivity contribution in [2.75, 3.05) is 52.1 Å². The molecule has 0 unspecified atom stereocenters. The molecule has 3 aromatic rings. The summed E-state index contributed by atoms with van der Waals surface area (Å²) < 4.78 is 1.98. The molecule has 5 rings (SSSR count). The first kappa shape index (κ1) is 25.6. The van der Waals surface area contributed by atoms with E-state index in [1.165, 1.54) is 6.42 Å². The van der Waals surface area contributed by atoms with Gasteiger partial charge in [-0.2, -0.15) is 0 Å². The van der Waals surface area contributed by atoms with E-state index in [-0.39, 0.29) is 5.91 Å². The zero-order valence-electron chi connectivity index (χ0n) is 21.6. The third-order valence-corrected chi connectivity index (χ3v) is 7.53. The highest BCUT2D eigenvalue weighted by Crippen LogP contribution is 2.29. The molecular formula is C27H35ClN8O. The maximum absolute atomic E-state index is 12.5. The SMILES string of the molecule is CN(C)C/C=C/C(=O)N1CCN([C@H]2CCC[C@@H](Nc3ncc(Cl)c(-c4cnc5ccccn45)n3)C2)CC1. The summed E-state index contributed by atoms with van der Waals surface area (Å²) in [5, 5.41) is 4.07. The summed E-state index contributed by atoms with van der Waals surface area (Å²) in [4.78, 5) is 32.8. The van der Waals surface area contributed by atoms with Gasteiger partial charge in [-0.15, -0.1) is 0 Å². The third-order valence-electron chi connectivity index (χ3n) is 7.26. The number of hydrogen-bond acceptors (Lipinski definition) is 7. The van der Waals surface area contributed by atoms with Gasteiger partial charge < -0.3 is 15.1 Å². The van der Waals surface area contributed by atoms with E-state index in [2.05, 4.69) is 20.2 Å². The topological polar surface area (TPSA) is 81.9 Å². The first-order valence-electron chi connectivity index (χ1n) is 13.0. The maximum atomic E-state index is 12.5. The molecule has 1 saturated heterocycles. The van der Waals surface area contributed by atoms with Crippen molar-refractivity contribution in [1.29, 1.82) is 0 Å². The number of anilines is 1. The number of carbonyl (C=O) groups excluding carboxylic acids is 1. The standard InChI is InChI=1S/C27H35ClN8O/c1-33(2)11-6-10-25(37)35-15-13-34(14-16-35)21-8-5-7-20(17-21)31-27-30-18-22(28)26(32-27)23-19-29-24-9-3-4-12-36(23)24/h3-4,6,9-10,12,18-21H,5,7-8,11,13-17H2,1-2H3,(H,30,31,32)/b10-6+/t20-,21+/m1/s1. The Morgan fingerprint density at radius 2 is 2.00 bits per heavy atom. The Bertz CT molecular complexity index is 1250. The largest absolute Gasteiger partial charge is 0.351 e. The smallest absolute Gasteiger partial charge is 0.246 e. The van der Waals surface area contributed by atoms with E-state index in [0.717, 1.165) is 63.3 Å². The Labute approximate surface area is 223 Å². The van der Waals surface area contributed by atoms with Crippen LogP contribution in [-0.4, -0.2) is 98.9 Å². The quantitative estimate of drug-likeness (QED) is 0.476. The average Bonchev–Trinajstić information content (AvgIpc) is 3.34. The van der Waals surface area contributed by atoms with Gasteiger partial charge in [-0.25, -0.2) is 15.0 Å². The molecule has 4 heterocycles. The van der Waals surface area contributed by atoms with E-state index in [9.17, 15) is 4.79 Å². The lowest BCUT2D eigenvalue weighted by molar-refractivity contribution is -0.128. The van der Waals surface area contributed by atoms with Crippen molar-refractivity contribution < 1.29 is 4.79 Å². The van der Waals surface area contributed by atoms with Crippen molar-refractivity contribution in [3.8, 4) is 11.4 Å². The van der Waals surface area contributed by atoms with Crippen LogP contribution in [-0.2, 0) is 4.79 Å². The van der Waals surface area contributed by atoms with E-state index in [1.54, 1.807) is 18.5 Å². The highest BCUT2D eigenvalue weighted by atomic mass is 35.5. The predicted molar refractivity (Wildman–Crippen MR) is 147 cm³/mol. The second kappa shape index (κ2) is 11.6. The molecule has 2 aliphatic rings. The molecule has 3 aromatic heterocycles. The monoisotopic (exact) mass is 522 g/mol. The van der Waals surface area contributed by atoms with Gasteiger partial charge in [0.25, 0.3) is 0 Å². The van der Waals surface area contributed by atoms with E-state index < -0.39 is 0 Å². The summed E-state index contributed by atoms with van der Waals surface area (Å²) in [6, 6.07) is 6.67. The molecule has 1 aliphatic heterocycles. The van der Waals surface area contributed by atoms with Crippen molar-refractivity contribution >= 4 is 29.1 Å². The van der Waals surface area contributed by atoms with Crippen LogP contribution in [0.15, 0.2) is 48.9 Å². The number of rotatable bonds is 7. The summed E-state index contributed by atoms with van der Waals surface area (Å²) in [5.74, 6) is 0.710. The van der Waals surface area contributed by atoms with E-state index in [4.69, 9.17) is 16.6 Å². The van der Waals surface area contributed by atoms with Crippen LogP contribution in [0.1, 0.15) is 25.7 Å². The number of hydrogen-bond donors (Lipinski definition) is 1. The third kappa shape index (κ3) is 6.11. The van der Waals surface area contributed by atoms with Gasteiger partial charge in [0.05, 0.1) is 23.1 Å². The fourth-order valence-corrected chi connectivity index (χ4v) is 5.50. The Morgan fingerprint density at radius 3 is 2.81 bits per heavy atom. The van der Waals surface area contributed by atoms with Gasteiger partial charge in [-0.05, 0) is 51.9 Å². The van der Waals surface area contributed by atoms with Crippen LogP contribution in [0.4, 0.5) is 5.95 Å². The van der Waals surface area contributed by atoms with Crippen LogP contribution in [0.5, 0.6) is 0 Å². The van der Waals surface area contributed by atoms with Gasteiger partial charge in [0.15, 0.2) is 0 Å². The van der Waals surface area contributed by atoms with Gasteiger partial charge >= 0.3 is 0 Å². The fraction of sp³-hybridized carbons (Fsp3) is 0.481. The van der Waals surface area contributed by atoms with Crippen LogP contribution in [0.3, 0.4) is 0 Å². The second-order valence-corrected chi connectivity index (χ2v) is 10.6. The molecule has 0 spiro atoms. The van der Waals surface area contributed by atoms with Crippen molar-refractivity contribution in [1.82, 2.24) is 34.1 Å². The van der Waals surface area contributed by atoms with E-state index >= 15 is 0 Å². The first-order chi connectivity index (χ1) is 18.0. The number of aromatic nitrogens is 4. The van der Waals surface area contributed by atoms with Crippen LogP contribution < -0.4 is 5.32 Å². The number of carbonyl (C=O) groups is 1. The van der Waals surface area contributed by atoms with Crippen molar-refractivity contribution in [3.63, 3.8) is 0 Å². The van der Waals surface area contributed by atoms with Crippen LogP contribution in [0.2, 0.25) is 5.02 Å². The van der Waals surface area contributed by atoms with Crippen LogP contribution >= 0.6 is 11.6 Å². The van der Waals surface area contributed by atoms with Crippen molar-refractivity contribution in [2.45, 2.75) is 37.8 Å². The lowest BCUT2D eigenvalue weighted by Crippen LogP contribution is -2.53. The Hall–Kier alpha value is -3.01. The van der Waals surface area contributed by atoms with E-state index in [0.29, 0.717) is 28.7 Å². The number of nitrogens with one attached hydrogen (secondary N) is 1. The summed E-state index contributed by atoms with van der Waals surface area (Å²) in [6.07, 6.45) is 13.5. The number of halogens is 1. The Balaban J connectivity index is 1.19. The maximum Gasteiger partial charge on any atom is 0.246 e. The lowest BCUT2D eigenvalue weighted by atomic mass is 9.89. The summed E-state index contributed by atoms with van der Waals surface area (Å²) in [5.41, 5.74) is 2.37. The molecule has 1 saturated carbocycles. The normalized spacial score (nSPS) is 21.2. The predicted octanol–water partition coefficient (Wildman–Crippen LogP) is 3.43. The van der Waals surface area contributed by atoms with E-state index in [1.807, 2.05) is 58.8 Å². The highest BCUT2D eigenvalue weighted by molar-refractivity contribution is 6.32. The van der Waals surface area contributed by atoms with Gasteiger partial charge in [-0.1, -0.05) is 23.7 Å². The highest BCUT2D eigenvalue weighted by Gasteiger charge is 2.30. The minimum atomic E-state index is 0.117. The Kier molecular flexibility index (Phi) is 8.02. The fourth-order valence-electron chi connectivity index (χ4n) is 5.31. The molecule has 9 nitrogen and oxygen atoms in total. The summed E-state index contributed by atoms with van der Waals surface area (Å²) >= 11 is 6.50. The number of pyridine rings is 1. The lowest BCUT2D eigenvalue weighted by Gasteiger charge is -2.42. The molecule has 0 bridgehead atoms. The minimum Gasteiger partial charge on any atom is -0.351 e. The molecule has 37 heavy (non-hydrogen) atoms. The number of nitrogens with zero attached hydrogens (tertiary/aromatic N) is 7. The molecule has 0 radical (unpaired) electrons. The molecule has 0 aromatic carbocycles. The Morgan fingerprint density at radius 1 is 1.16 bits per heavy atom. The zero-order valence-corrected chi connectivity index (χ0v) is 22.3. The van der Waals surface area contributed by atoms with Crippen LogP contribution in [0.25, 0.3) is 17.0 Å². The molecule has 196 valence electrons.